The lowest BCUT2D eigenvalue weighted by Gasteiger charge is -2.15. The summed E-state index contributed by atoms with van der Waals surface area (Å²) in [5.41, 5.74) is 2.81. The molecule has 1 aromatic rings. The molecule has 16 heavy (non-hydrogen) atoms. The molecule has 3 N–H and O–H groups in total. The SMILES string of the molecule is CCOCC(Cc1cc(F)ccc1F)NN. The van der Waals surface area contributed by atoms with Gasteiger partial charge in [0, 0.05) is 12.6 Å². The average Bonchev–Trinajstić information content (AvgIpc) is 2.28. The van der Waals surface area contributed by atoms with Gasteiger partial charge in [-0.2, -0.15) is 0 Å². The second-order valence-corrected chi connectivity index (χ2v) is 3.46. The Morgan fingerprint density at radius 1 is 1.44 bits per heavy atom. The Morgan fingerprint density at radius 3 is 2.81 bits per heavy atom. The number of nitrogens with one attached hydrogen (secondary N) is 1. The highest BCUT2D eigenvalue weighted by Crippen LogP contribution is 2.11. The number of ether oxygens (including phenoxy) is 1. The summed E-state index contributed by atoms with van der Waals surface area (Å²) in [7, 11) is 0. The van der Waals surface area contributed by atoms with E-state index < -0.39 is 11.6 Å². The van der Waals surface area contributed by atoms with E-state index in [-0.39, 0.29) is 6.04 Å². The van der Waals surface area contributed by atoms with Crippen LogP contribution in [0.2, 0.25) is 0 Å². The first-order valence-corrected chi connectivity index (χ1v) is 5.15. The number of halogens is 2. The first kappa shape index (κ1) is 13.0. The monoisotopic (exact) mass is 230 g/mol. The van der Waals surface area contributed by atoms with Gasteiger partial charge in [-0.1, -0.05) is 0 Å². The Balaban J connectivity index is 2.65. The molecule has 5 heteroatoms. The van der Waals surface area contributed by atoms with Gasteiger partial charge in [0.05, 0.1) is 6.61 Å². The Bertz CT molecular complexity index is 334. The molecule has 0 radical (unpaired) electrons. The second kappa shape index (κ2) is 6.52. The van der Waals surface area contributed by atoms with Crippen LogP contribution < -0.4 is 11.3 Å². The van der Waals surface area contributed by atoms with Gasteiger partial charge in [0.15, 0.2) is 0 Å². The number of benzene rings is 1. The van der Waals surface area contributed by atoms with Crippen molar-refractivity contribution in [1.82, 2.24) is 5.43 Å². The Hall–Kier alpha value is -1.04. The van der Waals surface area contributed by atoms with E-state index in [0.717, 1.165) is 12.1 Å². The molecule has 0 amide bonds. The van der Waals surface area contributed by atoms with Crippen molar-refractivity contribution in [3.63, 3.8) is 0 Å². The van der Waals surface area contributed by atoms with Crippen LogP contribution in [0.25, 0.3) is 0 Å². The summed E-state index contributed by atoms with van der Waals surface area (Å²) < 4.78 is 31.4. The normalized spacial score (nSPS) is 12.8. The number of hydrogen-bond acceptors (Lipinski definition) is 3. The average molecular weight is 230 g/mol. The highest BCUT2D eigenvalue weighted by molar-refractivity contribution is 5.19. The van der Waals surface area contributed by atoms with Crippen molar-refractivity contribution >= 4 is 0 Å². The molecular weight excluding hydrogens is 214 g/mol. The van der Waals surface area contributed by atoms with Gasteiger partial charge in [-0.3, -0.25) is 11.3 Å². The third-order valence-corrected chi connectivity index (χ3v) is 2.23. The summed E-state index contributed by atoms with van der Waals surface area (Å²) in [6.45, 7) is 2.78. The van der Waals surface area contributed by atoms with Crippen LogP contribution in [-0.4, -0.2) is 19.3 Å². The minimum Gasteiger partial charge on any atom is -0.380 e. The van der Waals surface area contributed by atoms with Crippen LogP contribution in [-0.2, 0) is 11.2 Å². The van der Waals surface area contributed by atoms with Crippen LogP contribution in [0.1, 0.15) is 12.5 Å². The molecule has 1 aromatic carbocycles. The zero-order valence-corrected chi connectivity index (χ0v) is 9.17. The molecule has 0 aliphatic rings. The van der Waals surface area contributed by atoms with Gasteiger partial charge in [0.25, 0.3) is 0 Å². The van der Waals surface area contributed by atoms with E-state index in [1.807, 2.05) is 6.92 Å². The third kappa shape index (κ3) is 3.84. The number of rotatable bonds is 6. The van der Waals surface area contributed by atoms with Crippen LogP contribution in [0.3, 0.4) is 0 Å². The van der Waals surface area contributed by atoms with Gasteiger partial charge < -0.3 is 4.74 Å². The molecule has 0 heterocycles. The fraction of sp³-hybridized carbons (Fsp3) is 0.455. The van der Waals surface area contributed by atoms with E-state index in [2.05, 4.69) is 5.43 Å². The highest BCUT2D eigenvalue weighted by atomic mass is 19.1. The molecule has 1 unspecified atom stereocenters. The predicted octanol–water partition coefficient (Wildman–Crippen LogP) is 1.38. The van der Waals surface area contributed by atoms with Crippen LogP contribution in [0.5, 0.6) is 0 Å². The Morgan fingerprint density at radius 2 is 2.19 bits per heavy atom. The molecule has 0 aliphatic heterocycles. The Labute approximate surface area is 93.6 Å². The zero-order chi connectivity index (χ0) is 12.0. The Kier molecular flexibility index (Phi) is 5.31. The van der Waals surface area contributed by atoms with E-state index in [9.17, 15) is 8.78 Å². The van der Waals surface area contributed by atoms with Crippen molar-refractivity contribution < 1.29 is 13.5 Å². The lowest BCUT2D eigenvalue weighted by molar-refractivity contribution is 0.122. The van der Waals surface area contributed by atoms with Gasteiger partial charge in [-0.25, -0.2) is 8.78 Å². The molecule has 0 saturated carbocycles. The molecular formula is C11H16F2N2O. The van der Waals surface area contributed by atoms with E-state index in [1.165, 1.54) is 6.07 Å². The largest absolute Gasteiger partial charge is 0.380 e. The maximum absolute atomic E-state index is 13.3. The quantitative estimate of drug-likeness (QED) is 0.573. The predicted molar refractivity (Wildman–Crippen MR) is 57.7 cm³/mol. The molecule has 1 rings (SSSR count). The van der Waals surface area contributed by atoms with E-state index >= 15 is 0 Å². The van der Waals surface area contributed by atoms with E-state index in [1.54, 1.807) is 0 Å². The molecule has 0 aromatic heterocycles. The minimum absolute atomic E-state index is 0.226. The van der Waals surface area contributed by atoms with Gasteiger partial charge in [-0.15, -0.1) is 0 Å². The molecule has 0 saturated heterocycles. The van der Waals surface area contributed by atoms with Crippen molar-refractivity contribution in [2.45, 2.75) is 19.4 Å². The third-order valence-electron chi connectivity index (χ3n) is 2.23. The van der Waals surface area contributed by atoms with Crippen molar-refractivity contribution in [2.24, 2.45) is 5.84 Å². The summed E-state index contributed by atoms with van der Waals surface area (Å²) >= 11 is 0. The first-order valence-electron chi connectivity index (χ1n) is 5.15. The highest BCUT2D eigenvalue weighted by Gasteiger charge is 2.11. The summed E-state index contributed by atoms with van der Waals surface area (Å²) in [6.07, 6.45) is 0.292. The second-order valence-electron chi connectivity index (χ2n) is 3.46. The maximum Gasteiger partial charge on any atom is 0.126 e. The van der Waals surface area contributed by atoms with Gasteiger partial charge in [0.2, 0.25) is 0 Å². The van der Waals surface area contributed by atoms with Crippen molar-refractivity contribution in [3.05, 3.63) is 35.4 Å². The lowest BCUT2D eigenvalue weighted by Crippen LogP contribution is -2.40. The number of hydrazine groups is 1. The maximum atomic E-state index is 13.3. The molecule has 3 nitrogen and oxygen atoms in total. The van der Waals surface area contributed by atoms with E-state index in [0.29, 0.717) is 25.2 Å². The molecule has 0 fully saturated rings. The lowest BCUT2D eigenvalue weighted by atomic mass is 10.1. The number of hydrogen-bond donors (Lipinski definition) is 2. The van der Waals surface area contributed by atoms with Crippen LogP contribution >= 0.6 is 0 Å². The number of nitrogens with two attached hydrogens (primary N) is 1. The summed E-state index contributed by atoms with van der Waals surface area (Å²) in [6, 6.07) is 3.15. The summed E-state index contributed by atoms with van der Waals surface area (Å²) in [5, 5.41) is 0. The standard InChI is InChI=1S/C11H16F2N2O/c1-2-16-7-10(15-14)6-8-5-9(12)3-4-11(8)13/h3-5,10,15H,2,6-7,14H2,1H3. The van der Waals surface area contributed by atoms with Crippen molar-refractivity contribution in [2.75, 3.05) is 13.2 Å². The summed E-state index contributed by atoms with van der Waals surface area (Å²) in [5.74, 6) is 4.42. The van der Waals surface area contributed by atoms with Gasteiger partial charge >= 0.3 is 0 Å². The van der Waals surface area contributed by atoms with Crippen LogP contribution in [0, 0.1) is 11.6 Å². The minimum atomic E-state index is -0.455. The van der Waals surface area contributed by atoms with Crippen molar-refractivity contribution in [1.29, 1.82) is 0 Å². The fourth-order valence-corrected chi connectivity index (χ4v) is 1.39. The van der Waals surface area contributed by atoms with Gasteiger partial charge in [-0.05, 0) is 37.1 Å². The first-order chi connectivity index (χ1) is 7.67. The molecule has 0 aliphatic carbocycles. The molecule has 0 bridgehead atoms. The molecule has 0 spiro atoms. The van der Waals surface area contributed by atoms with E-state index in [4.69, 9.17) is 10.6 Å². The smallest absolute Gasteiger partial charge is 0.126 e. The van der Waals surface area contributed by atoms with Crippen molar-refractivity contribution in [3.8, 4) is 0 Å². The van der Waals surface area contributed by atoms with Crippen LogP contribution in [0.15, 0.2) is 18.2 Å². The summed E-state index contributed by atoms with van der Waals surface area (Å²) in [4.78, 5) is 0. The fourth-order valence-electron chi connectivity index (χ4n) is 1.39. The molecule has 1 atom stereocenters. The van der Waals surface area contributed by atoms with Crippen LogP contribution in [0.4, 0.5) is 8.78 Å². The van der Waals surface area contributed by atoms with Gasteiger partial charge in [0.1, 0.15) is 11.6 Å². The zero-order valence-electron chi connectivity index (χ0n) is 9.17. The topological polar surface area (TPSA) is 47.3 Å². The molecule has 90 valence electrons.